The second-order valence-electron chi connectivity index (χ2n) is 9.18. The second kappa shape index (κ2) is 17.6. The Morgan fingerprint density at radius 3 is 2.16 bits per heavy atom. The quantitative estimate of drug-likeness (QED) is 0.142. The van der Waals surface area contributed by atoms with E-state index in [0.717, 1.165) is 12.8 Å². The van der Waals surface area contributed by atoms with Crippen LogP contribution in [0.15, 0.2) is 24.3 Å². The number of nitrogens with one attached hydrogen (secondary N) is 4. The van der Waals surface area contributed by atoms with Gasteiger partial charge in [0.1, 0.15) is 18.7 Å². The minimum Gasteiger partial charge on any atom is -0.445 e. The Balaban J connectivity index is 2.86. The summed E-state index contributed by atoms with van der Waals surface area (Å²) in [4.78, 5) is 60.3. The minimum absolute atomic E-state index is 0.00949. The lowest BCUT2D eigenvalue weighted by atomic mass is 10.0. The van der Waals surface area contributed by atoms with E-state index in [1.165, 1.54) is 0 Å². The van der Waals surface area contributed by atoms with E-state index < -0.39 is 36.0 Å². The highest BCUT2D eigenvalue weighted by Gasteiger charge is 2.28. The van der Waals surface area contributed by atoms with Gasteiger partial charge in [-0.25, -0.2) is 9.59 Å². The molecule has 0 spiro atoms. The van der Waals surface area contributed by atoms with Gasteiger partial charge in [-0.15, -0.1) is 0 Å². The molecule has 13 heteroatoms. The van der Waals surface area contributed by atoms with Gasteiger partial charge in [0.15, 0.2) is 0 Å². The summed E-state index contributed by atoms with van der Waals surface area (Å²) in [5, 5.41) is 10.7. The molecule has 212 valence electrons. The number of hydrogen-bond acceptors (Lipinski definition) is 7. The van der Waals surface area contributed by atoms with Crippen LogP contribution in [0.5, 0.6) is 0 Å². The van der Waals surface area contributed by atoms with Crippen molar-refractivity contribution in [2.75, 3.05) is 18.4 Å². The average Bonchev–Trinajstić information content (AvgIpc) is 2.86. The number of urea groups is 1. The zero-order valence-electron chi connectivity index (χ0n) is 22.1. The zero-order valence-corrected chi connectivity index (χ0v) is 22.1. The molecule has 6 amide bonds. The molecule has 0 heterocycles. The number of carbonyl (C=O) groups excluding carboxylic acids is 5. The van der Waals surface area contributed by atoms with Crippen molar-refractivity contribution in [2.24, 2.45) is 23.1 Å². The van der Waals surface area contributed by atoms with Crippen LogP contribution in [0.1, 0.15) is 57.9 Å². The highest BCUT2D eigenvalue weighted by Crippen LogP contribution is 2.13. The lowest BCUT2D eigenvalue weighted by Crippen LogP contribution is -2.54. The van der Waals surface area contributed by atoms with Gasteiger partial charge in [0, 0.05) is 18.7 Å². The van der Waals surface area contributed by atoms with Gasteiger partial charge in [0.25, 0.3) is 0 Å². The lowest BCUT2D eigenvalue weighted by molar-refractivity contribution is -0.132. The van der Waals surface area contributed by atoms with Crippen molar-refractivity contribution in [1.29, 1.82) is 0 Å². The largest absolute Gasteiger partial charge is 0.445 e. The van der Waals surface area contributed by atoms with E-state index >= 15 is 0 Å². The van der Waals surface area contributed by atoms with Crippen LogP contribution in [0.2, 0.25) is 0 Å². The maximum atomic E-state index is 13.1. The number of hydrogen-bond donors (Lipinski definition) is 7. The Morgan fingerprint density at radius 2 is 1.58 bits per heavy atom. The molecule has 2 atom stereocenters. The fourth-order valence-corrected chi connectivity index (χ4v) is 3.50. The van der Waals surface area contributed by atoms with Crippen molar-refractivity contribution in [2.45, 2.75) is 71.1 Å². The standard InChI is InChI=1S/C25H41N7O6/c1-16(2)21(32-20(33)8-4-3-5-13-26)23(35)31-19(7-6-14-29-24(27)36)22(34)30-18-11-9-17(10-12-18)15-38-25(28)37/h9-12,16,19,21H,3-8,13-15,26H2,1-2H3,(H2,28,37)(H,30,34)(H,31,35)(H,32,33)(H3,27,29,36)/t19-,21-/m0/s1. The van der Waals surface area contributed by atoms with Crippen LogP contribution in [-0.2, 0) is 25.7 Å². The van der Waals surface area contributed by atoms with E-state index in [4.69, 9.17) is 21.9 Å². The molecule has 0 bridgehead atoms. The van der Waals surface area contributed by atoms with Gasteiger partial charge >= 0.3 is 12.1 Å². The summed E-state index contributed by atoms with van der Waals surface area (Å²) in [6.45, 7) is 4.37. The summed E-state index contributed by atoms with van der Waals surface area (Å²) < 4.78 is 4.73. The third-order valence-corrected chi connectivity index (χ3v) is 5.58. The maximum absolute atomic E-state index is 13.1. The van der Waals surface area contributed by atoms with E-state index in [2.05, 4.69) is 21.3 Å². The monoisotopic (exact) mass is 535 g/mol. The Labute approximate surface area is 223 Å². The molecule has 13 nitrogen and oxygen atoms in total. The molecule has 1 rings (SSSR count). The first-order valence-corrected chi connectivity index (χ1v) is 12.7. The second-order valence-corrected chi connectivity index (χ2v) is 9.18. The topological polar surface area (TPSA) is 221 Å². The third-order valence-electron chi connectivity index (χ3n) is 5.58. The number of amides is 6. The molecule has 0 saturated carbocycles. The summed E-state index contributed by atoms with van der Waals surface area (Å²) in [5.74, 6) is -1.44. The van der Waals surface area contributed by atoms with Crippen molar-refractivity contribution < 1.29 is 28.7 Å². The fraction of sp³-hybridized carbons (Fsp3) is 0.560. The van der Waals surface area contributed by atoms with Crippen molar-refractivity contribution in [3.8, 4) is 0 Å². The van der Waals surface area contributed by atoms with Gasteiger partial charge in [0.2, 0.25) is 17.7 Å². The van der Waals surface area contributed by atoms with Crippen molar-refractivity contribution in [3.05, 3.63) is 29.8 Å². The van der Waals surface area contributed by atoms with E-state index in [1.54, 1.807) is 38.1 Å². The van der Waals surface area contributed by atoms with E-state index in [9.17, 15) is 24.0 Å². The fourth-order valence-electron chi connectivity index (χ4n) is 3.50. The van der Waals surface area contributed by atoms with Gasteiger partial charge in [-0.05, 0) is 55.8 Å². The van der Waals surface area contributed by atoms with Gasteiger partial charge in [0.05, 0.1) is 0 Å². The summed E-state index contributed by atoms with van der Waals surface area (Å²) in [5.41, 5.74) is 16.7. The van der Waals surface area contributed by atoms with Gasteiger partial charge in [-0.3, -0.25) is 14.4 Å². The minimum atomic E-state index is -0.947. The number of anilines is 1. The van der Waals surface area contributed by atoms with Gasteiger partial charge in [-0.2, -0.15) is 0 Å². The number of nitrogens with two attached hydrogens (primary N) is 3. The van der Waals surface area contributed by atoms with Crippen molar-refractivity contribution in [1.82, 2.24) is 16.0 Å². The molecule has 0 saturated heterocycles. The molecule has 0 aliphatic rings. The first kappa shape index (κ1) is 32.2. The van der Waals surface area contributed by atoms with Crippen LogP contribution >= 0.6 is 0 Å². The predicted molar refractivity (Wildman–Crippen MR) is 142 cm³/mol. The molecular weight excluding hydrogens is 494 g/mol. The molecule has 0 radical (unpaired) electrons. The molecule has 10 N–H and O–H groups in total. The number of primary amides is 2. The van der Waals surface area contributed by atoms with Crippen LogP contribution in [0.4, 0.5) is 15.3 Å². The molecule has 38 heavy (non-hydrogen) atoms. The Morgan fingerprint density at radius 1 is 0.895 bits per heavy atom. The Kier molecular flexibility index (Phi) is 14.9. The van der Waals surface area contributed by atoms with Crippen LogP contribution in [0, 0.1) is 5.92 Å². The molecule has 0 fully saturated rings. The van der Waals surface area contributed by atoms with Gasteiger partial charge < -0.3 is 43.2 Å². The van der Waals surface area contributed by atoms with Crippen LogP contribution in [0.3, 0.4) is 0 Å². The maximum Gasteiger partial charge on any atom is 0.404 e. The first-order valence-electron chi connectivity index (χ1n) is 12.7. The normalized spacial score (nSPS) is 12.2. The van der Waals surface area contributed by atoms with Crippen molar-refractivity contribution in [3.63, 3.8) is 0 Å². The molecule has 1 aromatic carbocycles. The number of ether oxygens (including phenoxy) is 1. The molecule has 1 aromatic rings. The highest BCUT2D eigenvalue weighted by atomic mass is 16.5. The summed E-state index contributed by atoms with van der Waals surface area (Å²) in [6.07, 6.45) is 2.27. The number of carbonyl (C=O) groups is 5. The van der Waals surface area contributed by atoms with Crippen LogP contribution in [-0.4, -0.2) is 55.0 Å². The third kappa shape index (κ3) is 13.4. The van der Waals surface area contributed by atoms with E-state index in [0.29, 0.717) is 30.6 Å². The molecule has 0 aromatic heterocycles. The van der Waals surface area contributed by atoms with Gasteiger partial charge in [-0.1, -0.05) is 32.4 Å². The van der Waals surface area contributed by atoms with Crippen LogP contribution < -0.4 is 38.5 Å². The summed E-state index contributed by atoms with van der Waals surface area (Å²) in [6, 6.07) is 4.07. The highest BCUT2D eigenvalue weighted by molar-refractivity contribution is 5.98. The van der Waals surface area contributed by atoms with E-state index in [-0.39, 0.29) is 37.8 Å². The first-order chi connectivity index (χ1) is 18.0. The van der Waals surface area contributed by atoms with E-state index in [1.807, 2.05) is 0 Å². The average molecular weight is 536 g/mol. The van der Waals surface area contributed by atoms with Crippen molar-refractivity contribution >= 4 is 35.5 Å². The molecular formula is C25H41N7O6. The molecule has 0 aliphatic carbocycles. The summed E-state index contributed by atoms with van der Waals surface area (Å²) in [7, 11) is 0. The molecule has 0 aliphatic heterocycles. The predicted octanol–water partition coefficient (Wildman–Crippen LogP) is 0.814. The smallest absolute Gasteiger partial charge is 0.404 e. The lowest BCUT2D eigenvalue weighted by Gasteiger charge is -2.25. The Bertz CT molecular complexity index is 923. The number of rotatable bonds is 17. The SMILES string of the molecule is CC(C)[C@H](NC(=O)CCCCCN)C(=O)N[C@@H](CCCNC(N)=O)C(=O)Nc1ccc(COC(N)=O)cc1. The molecule has 0 unspecified atom stereocenters. The number of benzene rings is 1. The van der Waals surface area contributed by atoms with Crippen LogP contribution in [0.25, 0.3) is 0 Å². The zero-order chi connectivity index (χ0) is 28.5. The Hall–Kier alpha value is -3.87. The summed E-state index contributed by atoms with van der Waals surface area (Å²) >= 11 is 0. The number of unbranched alkanes of at least 4 members (excludes halogenated alkanes) is 2.